The van der Waals surface area contributed by atoms with Gasteiger partial charge in [0.1, 0.15) is 12.4 Å². The van der Waals surface area contributed by atoms with Crippen molar-refractivity contribution in [2.24, 2.45) is 5.73 Å². The average Bonchev–Trinajstić information content (AvgIpc) is 2.45. The Labute approximate surface area is 116 Å². The summed E-state index contributed by atoms with van der Waals surface area (Å²) >= 11 is 0. The van der Waals surface area contributed by atoms with E-state index in [0.29, 0.717) is 11.3 Å². The minimum atomic E-state index is -0.355. The minimum absolute atomic E-state index is 0.123. The highest BCUT2D eigenvalue weighted by molar-refractivity contribution is 6.03. The van der Waals surface area contributed by atoms with Crippen LogP contribution in [0.4, 0.5) is 21.5 Å². The van der Waals surface area contributed by atoms with Crippen molar-refractivity contribution >= 4 is 23.0 Å². The van der Waals surface area contributed by atoms with E-state index in [9.17, 15) is 9.18 Å². The van der Waals surface area contributed by atoms with E-state index in [1.165, 1.54) is 12.1 Å². The third-order valence-electron chi connectivity index (χ3n) is 3.26. The Bertz CT molecular complexity index is 672. The molecule has 0 saturated carbocycles. The molecule has 1 heterocycles. The average molecular weight is 271 g/mol. The summed E-state index contributed by atoms with van der Waals surface area (Å²) in [5, 5.41) is 2.80. The van der Waals surface area contributed by atoms with E-state index in [4.69, 9.17) is 5.73 Å². The molecule has 1 aliphatic heterocycles. The Kier molecular flexibility index (Phi) is 3.12. The van der Waals surface area contributed by atoms with Crippen molar-refractivity contribution in [1.82, 2.24) is 0 Å². The van der Waals surface area contributed by atoms with Crippen LogP contribution in [-0.4, -0.2) is 12.5 Å². The van der Waals surface area contributed by atoms with E-state index >= 15 is 0 Å². The first kappa shape index (κ1) is 12.6. The van der Waals surface area contributed by atoms with E-state index in [1.54, 1.807) is 11.0 Å². The zero-order valence-electron chi connectivity index (χ0n) is 10.8. The lowest BCUT2D eigenvalue weighted by molar-refractivity contribution is -0.115. The van der Waals surface area contributed by atoms with Crippen LogP contribution in [0.15, 0.2) is 42.5 Å². The first-order valence-electron chi connectivity index (χ1n) is 6.33. The predicted octanol–water partition coefficient (Wildman–Crippen LogP) is 2.37. The summed E-state index contributed by atoms with van der Waals surface area (Å²) in [6.45, 7) is 0.414. The third kappa shape index (κ3) is 2.23. The van der Waals surface area contributed by atoms with E-state index in [2.05, 4.69) is 5.32 Å². The molecule has 0 aliphatic carbocycles. The Hall–Kier alpha value is -2.40. The number of carbonyl (C=O) groups is 1. The van der Waals surface area contributed by atoms with Gasteiger partial charge in [-0.05, 0) is 35.9 Å². The molecule has 0 bridgehead atoms. The normalized spacial score (nSPS) is 13.9. The lowest BCUT2D eigenvalue weighted by atomic mass is 10.1. The van der Waals surface area contributed by atoms with Crippen molar-refractivity contribution < 1.29 is 9.18 Å². The largest absolute Gasteiger partial charge is 0.330 e. The van der Waals surface area contributed by atoms with Crippen LogP contribution in [0.3, 0.4) is 0 Å². The monoisotopic (exact) mass is 271 g/mol. The van der Waals surface area contributed by atoms with Crippen LogP contribution in [0.25, 0.3) is 0 Å². The van der Waals surface area contributed by atoms with E-state index < -0.39 is 0 Å². The Morgan fingerprint density at radius 3 is 2.85 bits per heavy atom. The molecule has 1 amide bonds. The maximum atomic E-state index is 13.7. The fourth-order valence-electron chi connectivity index (χ4n) is 2.37. The number of rotatable bonds is 2. The summed E-state index contributed by atoms with van der Waals surface area (Å²) < 4.78 is 13.7. The second kappa shape index (κ2) is 4.94. The fraction of sp³-hybridized carbons (Fsp3) is 0.133. The van der Waals surface area contributed by atoms with Gasteiger partial charge in [-0.3, -0.25) is 4.79 Å². The number of nitrogens with two attached hydrogens (primary N) is 1. The lowest BCUT2D eigenvalue weighted by Gasteiger charge is -2.31. The molecule has 5 heteroatoms. The number of benzene rings is 2. The maximum absolute atomic E-state index is 13.7. The number of amides is 1. The van der Waals surface area contributed by atoms with Gasteiger partial charge in [-0.1, -0.05) is 12.1 Å². The zero-order chi connectivity index (χ0) is 14.1. The standard InChI is InChI=1S/C15H14FN3O/c16-11-5-10(8-17)6-12(7-11)19-9-15(20)18-13-3-1-2-4-14(13)19/h1-7H,8-9,17H2,(H,18,20). The van der Waals surface area contributed by atoms with Crippen molar-refractivity contribution in [2.75, 3.05) is 16.8 Å². The zero-order valence-corrected chi connectivity index (χ0v) is 10.8. The number of nitrogens with zero attached hydrogens (tertiary/aromatic N) is 1. The van der Waals surface area contributed by atoms with Crippen molar-refractivity contribution in [3.05, 3.63) is 53.8 Å². The molecule has 102 valence electrons. The summed E-state index contributed by atoms with van der Waals surface area (Å²) in [5.41, 5.74) is 8.48. The van der Waals surface area contributed by atoms with Gasteiger partial charge in [0, 0.05) is 12.2 Å². The topological polar surface area (TPSA) is 58.4 Å². The molecule has 4 nitrogen and oxygen atoms in total. The molecule has 20 heavy (non-hydrogen) atoms. The molecule has 0 unspecified atom stereocenters. The van der Waals surface area contributed by atoms with Gasteiger partial charge in [-0.25, -0.2) is 4.39 Å². The fourth-order valence-corrected chi connectivity index (χ4v) is 2.37. The van der Waals surface area contributed by atoms with E-state index in [0.717, 1.165) is 11.4 Å². The molecular weight excluding hydrogens is 257 g/mol. The highest BCUT2D eigenvalue weighted by Gasteiger charge is 2.23. The summed E-state index contributed by atoms with van der Waals surface area (Å²) in [6, 6.07) is 12.1. The second-order valence-corrected chi connectivity index (χ2v) is 4.67. The molecule has 0 fully saturated rings. The molecule has 1 aliphatic rings. The van der Waals surface area contributed by atoms with Crippen LogP contribution >= 0.6 is 0 Å². The molecule has 2 aromatic rings. The molecule has 0 aromatic heterocycles. The number of nitrogens with one attached hydrogen (secondary N) is 1. The van der Waals surface area contributed by atoms with Crippen LogP contribution in [-0.2, 0) is 11.3 Å². The van der Waals surface area contributed by atoms with Gasteiger partial charge < -0.3 is 16.0 Å². The molecule has 0 atom stereocenters. The van der Waals surface area contributed by atoms with Gasteiger partial charge in [0.2, 0.25) is 5.91 Å². The van der Waals surface area contributed by atoms with Crippen LogP contribution in [0.2, 0.25) is 0 Å². The van der Waals surface area contributed by atoms with Gasteiger partial charge in [0.05, 0.1) is 11.4 Å². The van der Waals surface area contributed by atoms with Crippen LogP contribution in [0, 0.1) is 5.82 Å². The number of carbonyl (C=O) groups excluding carboxylic acids is 1. The lowest BCUT2D eigenvalue weighted by Crippen LogP contribution is -2.35. The molecule has 0 radical (unpaired) electrons. The summed E-state index contributed by atoms with van der Waals surface area (Å²) in [5.74, 6) is -0.478. The highest BCUT2D eigenvalue weighted by atomic mass is 19.1. The second-order valence-electron chi connectivity index (χ2n) is 4.67. The molecule has 2 aromatic carbocycles. The van der Waals surface area contributed by atoms with Crippen LogP contribution in [0.1, 0.15) is 5.56 Å². The summed E-state index contributed by atoms with van der Waals surface area (Å²) in [7, 11) is 0. The minimum Gasteiger partial charge on any atom is -0.330 e. The molecular formula is C15H14FN3O. The van der Waals surface area contributed by atoms with Gasteiger partial charge in [0.15, 0.2) is 0 Å². The number of anilines is 3. The van der Waals surface area contributed by atoms with Crippen LogP contribution < -0.4 is 16.0 Å². The number of para-hydroxylation sites is 2. The SMILES string of the molecule is NCc1cc(F)cc(N2CC(=O)Nc3ccccc32)c1. The first-order valence-corrected chi connectivity index (χ1v) is 6.33. The Balaban J connectivity index is 2.10. The van der Waals surface area contributed by atoms with Gasteiger partial charge in [-0.2, -0.15) is 0 Å². The van der Waals surface area contributed by atoms with Crippen molar-refractivity contribution in [1.29, 1.82) is 0 Å². The maximum Gasteiger partial charge on any atom is 0.244 e. The highest BCUT2D eigenvalue weighted by Crippen LogP contribution is 2.35. The summed E-state index contributed by atoms with van der Waals surface area (Å²) in [4.78, 5) is 13.6. The van der Waals surface area contributed by atoms with Crippen LogP contribution in [0.5, 0.6) is 0 Å². The van der Waals surface area contributed by atoms with Crippen molar-refractivity contribution in [3.63, 3.8) is 0 Å². The smallest absolute Gasteiger partial charge is 0.244 e. The Morgan fingerprint density at radius 2 is 2.05 bits per heavy atom. The Morgan fingerprint density at radius 1 is 1.25 bits per heavy atom. The van der Waals surface area contributed by atoms with Gasteiger partial charge in [0.25, 0.3) is 0 Å². The number of fused-ring (bicyclic) bond motifs is 1. The van der Waals surface area contributed by atoms with Crippen molar-refractivity contribution in [2.45, 2.75) is 6.54 Å². The molecule has 0 spiro atoms. The number of hydrogen-bond acceptors (Lipinski definition) is 3. The van der Waals surface area contributed by atoms with Gasteiger partial charge >= 0.3 is 0 Å². The summed E-state index contributed by atoms with van der Waals surface area (Å²) in [6.07, 6.45) is 0. The first-order chi connectivity index (χ1) is 9.67. The third-order valence-corrected chi connectivity index (χ3v) is 3.26. The van der Waals surface area contributed by atoms with Crippen molar-refractivity contribution in [3.8, 4) is 0 Å². The van der Waals surface area contributed by atoms with E-state index in [1.807, 2.05) is 24.3 Å². The molecule has 3 rings (SSSR count). The number of halogens is 1. The molecule has 3 N–H and O–H groups in total. The van der Waals surface area contributed by atoms with Gasteiger partial charge in [-0.15, -0.1) is 0 Å². The predicted molar refractivity (Wildman–Crippen MR) is 76.4 cm³/mol. The molecule has 0 saturated heterocycles. The number of hydrogen-bond donors (Lipinski definition) is 2. The van der Waals surface area contributed by atoms with E-state index in [-0.39, 0.29) is 24.8 Å². The quantitative estimate of drug-likeness (QED) is 0.881.